The molecule has 0 N–H and O–H groups in total. The minimum atomic E-state index is 0.940. The SMILES string of the molecule is CC.C[B]c1cncc(C)n1. The van der Waals surface area contributed by atoms with E-state index in [2.05, 4.69) is 9.97 Å². The van der Waals surface area contributed by atoms with Gasteiger partial charge in [-0.2, -0.15) is 0 Å². The Morgan fingerprint density at radius 3 is 2.27 bits per heavy atom. The van der Waals surface area contributed by atoms with Crippen molar-refractivity contribution < 1.29 is 0 Å². The molecule has 1 heterocycles. The normalized spacial score (nSPS) is 8.00. The molecule has 0 aliphatic rings. The molecule has 0 fully saturated rings. The van der Waals surface area contributed by atoms with Crippen molar-refractivity contribution in [3.8, 4) is 0 Å². The van der Waals surface area contributed by atoms with Gasteiger partial charge in [-0.3, -0.25) is 9.97 Å². The molecule has 2 nitrogen and oxygen atoms in total. The Morgan fingerprint density at radius 2 is 1.91 bits per heavy atom. The fourth-order valence-corrected chi connectivity index (χ4v) is 0.622. The lowest BCUT2D eigenvalue weighted by Crippen LogP contribution is -2.16. The lowest BCUT2D eigenvalue weighted by atomic mass is 9.78. The Kier molecular flexibility index (Phi) is 5.44. The first-order valence-electron chi connectivity index (χ1n) is 3.91. The first kappa shape index (κ1) is 10.1. The maximum atomic E-state index is 4.17. The molecule has 0 unspecified atom stereocenters. The highest BCUT2D eigenvalue weighted by Crippen LogP contribution is 1.80. The summed E-state index contributed by atoms with van der Waals surface area (Å²) in [6, 6.07) is 0. The highest BCUT2D eigenvalue weighted by molar-refractivity contribution is 6.50. The second-order valence-electron chi connectivity index (χ2n) is 1.87. The van der Waals surface area contributed by atoms with Crippen molar-refractivity contribution in [1.82, 2.24) is 9.97 Å². The van der Waals surface area contributed by atoms with Crippen molar-refractivity contribution in [2.24, 2.45) is 0 Å². The minimum Gasteiger partial charge on any atom is -0.266 e. The zero-order chi connectivity index (χ0) is 8.69. The monoisotopic (exact) mass is 149 g/mol. The molecule has 1 radical (unpaired) electrons. The second kappa shape index (κ2) is 5.89. The number of rotatable bonds is 1. The summed E-state index contributed by atoms with van der Waals surface area (Å²) in [5, 5.41) is 0. The van der Waals surface area contributed by atoms with Crippen LogP contribution in [-0.4, -0.2) is 17.2 Å². The van der Waals surface area contributed by atoms with Gasteiger partial charge in [-0.15, -0.1) is 0 Å². The van der Waals surface area contributed by atoms with E-state index in [9.17, 15) is 0 Å². The lowest BCUT2D eigenvalue weighted by Gasteiger charge is -1.93. The number of hydrogen-bond acceptors (Lipinski definition) is 2. The largest absolute Gasteiger partial charge is 0.266 e. The van der Waals surface area contributed by atoms with Gasteiger partial charge in [0.05, 0.1) is 5.69 Å². The van der Waals surface area contributed by atoms with Gasteiger partial charge in [-0.25, -0.2) is 0 Å². The Hall–Kier alpha value is -0.855. The molecule has 11 heavy (non-hydrogen) atoms. The fraction of sp³-hybridized carbons (Fsp3) is 0.500. The summed E-state index contributed by atoms with van der Waals surface area (Å²) in [5.74, 6) is 0. The van der Waals surface area contributed by atoms with E-state index in [1.54, 1.807) is 12.4 Å². The van der Waals surface area contributed by atoms with Gasteiger partial charge in [0.25, 0.3) is 0 Å². The Labute approximate surface area is 69.3 Å². The van der Waals surface area contributed by atoms with Gasteiger partial charge < -0.3 is 0 Å². The van der Waals surface area contributed by atoms with E-state index in [0.717, 1.165) is 11.3 Å². The molecule has 3 heteroatoms. The number of aromatic nitrogens is 2. The van der Waals surface area contributed by atoms with E-state index in [0.29, 0.717) is 0 Å². The van der Waals surface area contributed by atoms with Gasteiger partial charge in [0.2, 0.25) is 0 Å². The topological polar surface area (TPSA) is 25.8 Å². The third-order valence-electron chi connectivity index (χ3n) is 1.07. The summed E-state index contributed by atoms with van der Waals surface area (Å²) >= 11 is 0. The quantitative estimate of drug-likeness (QED) is 0.560. The minimum absolute atomic E-state index is 0.940. The van der Waals surface area contributed by atoms with Gasteiger partial charge in [0.15, 0.2) is 7.28 Å². The van der Waals surface area contributed by atoms with Crippen molar-refractivity contribution in [2.75, 3.05) is 0 Å². The molecule has 1 rings (SSSR count). The smallest absolute Gasteiger partial charge is 0.176 e. The number of hydrogen-bond donors (Lipinski definition) is 0. The molecule has 1 aromatic heterocycles. The van der Waals surface area contributed by atoms with E-state index in [4.69, 9.17) is 0 Å². The first-order chi connectivity index (χ1) is 5.33. The fourth-order valence-electron chi connectivity index (χ4n) is 0.622. The molecule has 1 aromatic rings. The number of aryl methyl sites for hydroxylation is 1. The highest BCUT2D eigenvalue weighted by atomic mass is 14.8. The van der Waals surface area contributed by atoms with Gasteiger partial charge in [0.1, 0.15) is 0 Å². The van der Waals surface area contributed by atoms with Crippen molar-refractivity contribution in [3.05, 3.63) is 18.1 Å². The molecule has 0 aromatic carbocycles. The summed E-state index contributed by atoms with van der Waals surface area (Å²) in [6.07, 6.45) is 3.49. The van der Waals surface area contributed by atoms with Crippen molar-refractivity contribution in [1.29, 1.82) is 0 Å². The van der Waals surface area contributed by atoms with Crippen LogP contribution in [0.15, 0.2) is 12.4 Å². The molecule has 0 saturated carbocycles. The van der Waals surface area contributed by atoms with Crippen LogP contribution in [0.25, 0.3) is 0 Å². The van der Waals surface area contributed by atoms with E-state index < -0.39 is 0 Å². The Balaban J connectivity index is 0.000000461. The summed E-state index contributed by atoms with van der Waals surface area (Å²) < 4.78 is 0. The predicted octanol–water partition coefficient (Wildman–Crippen LogP) is 1.19. The summed E-state index contributed by atoms with van der Waals surface area (Å²) in [5.41, 5.74) is 1.90. The summed E-state index contributed by atoms with van der Waals surface area (Å²) in [7, 11) is 1.93. The van der Waals surface area contributed by atoms with E-state index in [1.807, 2.05) is 34.9 Å². The standard InChI is InChI=1S/C6H8BN2.C2H6/c1-5-3-8-4-6(7-2)9-5;1-2/h3-4H,1-2H3;1-2H3. The van der Waals surface area contributed by atoms with Crippen LogP contribution in [0.5, 0.6) is 0 Å². The van der Waals surface area contributed by atoms with E-state index in [-0.39, 0.29) is 0 Å². The zero-order valence-corrected chi connectivity index (χ0v) is 7.63. The molecule has 0 atom stereocenters. The van der Waals surface area contributed by atoms with E-state index in [1.165, 1.54) is 0 Å². The van der Waals surface area contributed by atoms with Crippen LogP contribution in [0.3, 0.4) is 0 Å². The van der Waals surface area contributed by atoms with Crippen LogP contribution in [0, 0.1) is 6.92 Å². The molecule has 0 amide bonds. The van der Waals surface area contributed by atoms with E-state index >= 15 is 0 Å². The van der Waals surface area contributed by atoms with Crippen molar-refractivity contribution >= 4 is 12.9 Å². The van der Waals surface area contributed by atoms with Gasteiger partial charge in [0, 0.05) is 18.0 Å². The average Bonchev–Trinajstić information content (AvgIpc) is 2.08. The zero-order valence-electron chi connectivity index (χ0n) is 7.63. The predicted molar refractivity (Wildman–Crippen MR) is 49.4 cm³/mol. The van der Waals surface area contributed by atoms with Crippen LogP contribution in [0.2, 0.25) is 6.82 Å². The molecule has 0 saturated heterocycles. The van der Waals surface area contributed by atoms with Crippen LogP contribution >= 0.6 is 0 Å². The van der Waals surface area contributed by atoms with Crippen LogP contribution in [0.4, 0.5) is 0 Å². The van der Waals surface area contributed by atoms with Gasteiger partial charge >= 0.3 is 0 Å². The summed E-state index contributed by atoms with van der Waals surface area (Å²) in [6.45, 7) is 7.88. The Bertz CT molecular complexity index is 201. The van der Waals surface area contributed by atoms with Crippen molar-refractivity contribution in [3.63, 3.8) is 0 Å². The molecular formula is C8H14BN2. The third-order valence-corrected chi connectivity index (χ3v) is 1.07. The van der Waals surface area contributed by atoms with Crippen molar-refractivity contribution in [2.45, 2.75) is 27.6 Å². The average molecular weight is 149 g/mol. The maximum Gasteiger partial charge on any atom is 0.176 e. The molecule has 59 valence electrons. The Morgan fingerprint density at radius 1 is 1.27 bits per heavy atom. The summed E-state index contributed by atoms with van der Waals surface area (Å²) in [4.78, 5) is 8.13. The van der Waals surface area contributed by atoms with Crippen LogP contribution in [0.1, 0.15) is 19.5 Å². The molecule has 0 aliphatic heterocycles. The number of nitrogens with zero attached hydrogens (tertiary/aromatic N) is 2. The molecule has 0 bridgehead atoms. The van der Waals surface area contributed by atoms with Gasteiger partial charge in [-0.05, 0) is 6.92 Å². The molecular weight excluding hydrogens is 135 g/mol. The first-order valence-corrected chi connectivity index (χ1v) is 3.91. The second-order valence-corrected chi connectivity index (χ2v) is 1.87. The third kappa shape index (κ3) is 3.76. The molecule has 0 aliphatic carbocycles. The molecule has 0 spiro atoms. The highest BCUT2D eigenvalue weighted by Gasteiger charge is 1.90. The van der Waals surface area contributed by atoms with Gasteiger partial charge in [-0.1, -0.05) is 20.7 Å². The van der Waals surface area contributed by atoms with Crippen LogP contribution < -0.4 is 5.59 Å². The maximum absolute atomic E-state index is 4.17. The van der Waals surface area contributed by atoms with Crippen LogP contribution in [-0.2, 0) is 0 Å². The lowest BCUT2D eigenvalue weighted by molar-refractivity contribution is 1.15.